The van der Waals surface area contributed by atoms with Crippen molar-refractivity contribution in [3.63, 3.8) is 0 Å². The van der Waals surface area contributed by atoms with Crippen LogP contribution < -0.4 is 18.9 Å². The highest BCUT2D eigenvalue weighted by Gasteiger charge is 2.26. The van der Waals surface area contributed by atoms with Gasteiger partial charge in [0.2, 0.25) is 11.6 Å². The van der Waals surface area contributed by atoms with Gasteiger partial charge in [0, 0.05) is 18.0 Å². The number of H-pyrrole nitrogens is 1. The summed E-state index contributed by atoms with van der Waals surface area (Å²) in [7, 11) is -2.95. The second-order valence-electron chi connectivity index (χ2n) is 10.9. The summed E-state index contributed by atoms with van der Waals surface area (Å²) >= 11 is 0. The molecule has 0 aliphatic rings. The maximum atomic E-state index is 13.7. The summed E-state index contributed by atoms with van der Waals surface area (Å²) in [5.41, 5.74) is 1.87. The minimum Gasteiger partial charge on any atom is -0.493 e. The average molecular weight is 757 g/mol. The first-order chi connectivity index (χ1) is 26.1. The summed E-state index contributed by atoms with van der Waals surface area (Å²) < 4.78 is 52.9. The van der Waals surface area contributed by atoms with Crippen LogP contribution in [0, 0.1) is 17.0 Å². The van der Waals surface area contributed by atoms with Gasteiger partial charge in [0.25, 0.3) is 21.0 Å². The first kappa shape index (κ1) is 36.5. The molecule has 276 valence electrons. The largest absolute Gasteiger partial charge is 0.493 e. The summed E-state index contributed by atoms with van der Waals surface area (Å²) in [6, 6.07) is 18.5. The van der Waals surface area contributed by atoms with Crippen molar-refractivity contribution < 1.29 is 42.1 Å². The monoisotopic (exact) mass is 756 g/mol. The zero-order valence-electron chi connectivity index (χ0n) is 28.3. The van der Waals surface area contributed by atoms with Crippen molar-refractivity contribution in [1.82, 2.24) is 40.6 Å². The number of hydrogen-bond donors (Lipinski definition) is 2. The molecule has 0 radical (unpaired) electrons. The Morgan fingerprint density at radius 1 is 0.963 bits per heavy atom. The van der Waals surface area contributed by atoms with Gasteiger partial charge in [-0.25, -0.2) is 14.8 Å². The van der Waals surface area contributed by atoms with E-state index in [9.17, 15) is 23.3 Å². The molecule has 4 heterocycles. The number of esters is 1. The number of carbonyl (C=O) groups excluding carboxylic acids is 1. The number of rotatable bonds is 16. The molecule has 2 aromatic carbocycles. The number of para-hydroxylation sites is 2. The van der Waals surface area contributed by atoms with Crippen molar-refractivity contribution in [2.24, 2.45) is 0 Å². The summed E-state index contributed by atoms with van der Waals surface area (Å²) in [5.74, 6) is -1.03. The summed E-state index contributed by atoms with van der Waals surface area (Å²) in [4.78, 5) is 45.2. The number of aromatic nitrogens is 8. The first-order valence-corrected chi connectivity index (χ1v) is 17.1. The van der Waals surface area contributed by atoms with E-state index in [1.807, 2.05) is 0 Å². The van der Waals surface area contributed by atoms with Crippen molar-refractivity contribution >= 4 is 21.8 Å². The lowest BCUT2D eigenvalue weighted by Gasteiger charge is -2.18. The number of anilines is 1. The normalized spacial score (nSPS) is 11.0. The van der Waals surface area contributed by atoms with Crippen molar-refractivity contribution in [3.05, 3.63) is 112 Å². The highest BCUT2D eigenvalue weighted by Crippen LogP contribution is 2.41. The van der Waals surface area contributed by atoms with Gasteiger partial charge in [0.15, 0.2) is 28.2 Å². The molecular weight excluding hydrogens is 728 g/mol. The van der Waals surface area contributed by atoms with Crippen LogP contribution in [-0.2, 0) is 26.2 Å². The number of benzene rings is 2. The Balaban J connectivity index is 1.37. The molecule has 0 atom stereocenters. The molecule has 0 saturated heterocycles. The van der Waals surface area contributed by atoms with E-state index in [2.05, 4.69) is 50.1 Å². The fourth-order valence-corrected chi connectivity index (χ4v) is 5.59. The molecule has 0 aliphatic heterocycles. The third-order valence-electron chi connectivity index (χ3n) is 7.15. The number of aromatic amines is 1. The van der Waals surface area contributed by atoms with E-state index in [0.29, 0.717) is 22.6 Å². The number of nitrogens with zero attached hydrogens (tertiary/aromatic N) is 8. The predicted octanol–water partition coefficient (Wildman–Crippen LogP) is 3.97. The molecular formula is C33H28N10O10S. The second-order valence-corrected chi connectivity index (χ2v) is 12.5. The molecule has 6 aromatic rings. The number of nitrogens with one attached hydrogen (secondary N) is 2. The molecule has 0 bridgehead atoms. The quantitative estimate of drug-likeness (QED) is 0.0612. The van der Waals surface area contributed by atoms with Gasteiger partial charge in [-0.1, -0.05) is 30.3 Å². The zero-order valence-corrected chi connectivity index (χ0v) is 29.1. The predicted molar refractivity (Wildman–Crippen MR) is 185 cm³/mol. The third-order valence-corrected chi connectivity index (χ3v) is 8.41. The molecule has 0 spiro atoms. The highest BCUT2D eigenvalue weighted by atomic mass is 32.2. The highest BCUT2D eigenvalue weighted by molar-refractivity contribution is 7.92. The molecule has 0 amide bonds. The molecule has 21 heteroatoms. The Hall–Kier alpha value is -7.29. The lowest BCUT2D eigenvalue weighted by molar-refractivity contribution is -0.763. The van der Waals surface area contributed by atoms with Gasteiger partial charge in [-0.15, -0.1) is 20.3 Å². The van der Waals surface area contributed by atoms with Crippen LogP contribution in [0.25, 0.3) is 22.9 Å². The molecule has 54 heavy (non-hydrogen) atoms. The topological polar surface area (TPSA) is 259 Å². The third kappa shape index (κ3) is 8.95. The number of tetrazole rings is 1. The summed E-state index contributed by atoms with van der Waals surface area (Å²) in [6.07, 6.45) is 2.84. The Morgan fingerprint density at radius 3 is 2.54 bits per heavy atom. The van der Waals surface area contributed by atoms with Crippen LogP contribution in [-0.4, -0.2) is 80.4 Å². The number of hydrogen-bond acceptors (Lipinski definition) is 17. The van der Waals surface area contributed by atoms with Gasteiger partial charge in [0.05, 0.1) is 12.7 Å². The molecule has 0 unspecified atom stereocenters. The van der Waals surface area contributed by atoms with Crippen LogP contribution in [0.15, 0.2) is 90.2 Å². The minimum atomic E-state index is -4.38. The zero-order chi connectivity index (χ0) is 38.1. The van der Waals surface area contributed by atoms with Crippen molar-refractivity contribution in [1.29, 1.82) is 0 Å². The van der Waals surface area contributed by atoms with Crippen LogP contribution in [0.1, 0.15) is 21.5 Å². The molecule has 20 nitrogen and oxygen atoms in total. The Morgan fingerprint density at radius 2 is 1.80 bits per heavy atom. The minimum absolute atomic E-state index is 0.0372. The molecule has 6 rings (SSSR count). The fraction of sp³-hybridized carbons (Fsp3) is 0.152. The van der Waals surface area contributed by atoms with Gasteiger partial charge in [-0.2, -0.15) is 18.6 Å². The second kappa shape index (κ2) is 16.4. The van der Waals surface area contributed by atoms with E-state index < -0.39 is 21.1 Å². The van der Waals surface area contributed by atoms with E-state index >= 15 is 0 Å². The van der Waals surface area contributed by atoms with E-state index in [1.165, 1.54) is 43.8 Å². The standard InChI is InChI=1S/C33H28N10O10S/c1-20-10-11-27(35-18-20)54(47,48)40-31-28(53-26-9-4-3-8-25(26)49-2)32(37-29(36-31)22-12-13-34-24(17-22)30-38-41-42-39-30)50-14-15-51-33(44)23-7-5-6-21(16-23)19-52-43(45)46/h3-13,16-18H,14-15,19H2,1-2H3,(H,36,37,40)(H,38,39,41,42). The van der Waals surface area contributed by atoms with Gasteiger partial charge in [-0.05, 0) is 65.7 Å². The van der Waals surface area contributed by atoms with Crippen LogP contribution in [0.4, 0.5) is 5.82 Å². The molecule has 0 aliphatic carbocycles. The van der Waals surface area contributed by atoms with Gasteiger partial charge < -0.3 is 23.8 Å². The molecule has 0 saturated carbocycles. The Kier molecular flexibility index (Phi) is 11.1. The van der Waals surface area contributed by atoms with E-state index in [0.717, 1.165) is 5.56 Å². The number of ether oxygens (including phenoxy) is 4. The van der Waals surface area contributed by atoms with Gasteiger partial charge in [-0.3, -0.25) is 9.71 Å². The van der Waals surface area contributed by atoms with E-state index in [4.69, 9.17) is 18.9 Å². The number of pyridine rings is 2. The van der Waals surface area contributed by atoms with Crippen LogP contribution >= 0.6 is 0 Å². The van der Waals surface area contributed by atoms with Crippen LogP contribution in [0.3, 0.4) is 0 Å². The first-order valence-electron chi connectivity index (χ1n) is 15.6. The number of carbonyl (C=O) groups is 1. The fourth-order valence-electron chi connectivity index (χ4n) is 4.66. The van der Waals surface area contributed by atoms with Gasteiger partial charge >= 0.3 is 5.97 Å². The van der Waals surface area contributed by atoms with Crippen LogP contribution in [0.2, 0.25) is 0 Å². The van der Waals surface area contributed by atoms with Crippen molar-refractivity contribution in [2.75, 3.05) is 25.0 Å². The number of aryl methyl sites for hydroxylation is 1. The molecule has 4 aromatic heterocycles. The van der Waals surface area contributed by atoms with Crippen LogP contribution in [0.5, 0.6) is 23.1 Å². The Bertz CT molecular complexity index is 2380. The Labute approximate surface area is 305 Å². The summed E-state index contributed by atoms with van der Waals surface area (Å²) in [5, 5.41) is 23.1. The molecule has 2 N–H and O–H groups in total. The lowest BCUT2D eigenvalue weighted by Crippen LogP contribution is -2.18. The summed E-state index contributed by atoms with van der Waals surface area (Å²) in [6.45, 7) is 0.789. The van der Waals surface area contributed by atoms with E-state index in [-0.39, 0.29) is 65.3 Å². The maximum absolute atomic E-state index is 13.7. The lowest BCUT2D eigenvalue weighted by atomic mass is 10.1. The number of sulfonamides is 1. The molecule has 0 fully saturated rings. The maximum Gasteiger partial charge on any atom is 0.338 e. The smallest absolute Gasteiger partial charge is 0.338 e. The van der Waals surface area contributed by atoms with Crippen molar-refractivity contribution in [3.8, 4) is 46.0 Å². The number of methoxy groups -OCH3 is 1. The van der Waals surface area contributed by atoms with Crippen molar-refractivity contribution in [2.45, 2.75) is 18.6 Å². The SMILES string of the molecule is COc1ccccc1Oc1c(NS(=O)(=O)c2ccc(C)cn2)nc(-c2ccnc(-c3nn[nH]n3)c2)nc1OCCOC(=O)c1cccc(CO[N+](=O)[O-])c1. The van der Waals surface area contributed by atoms with E-state index in [1.54, 1.807) is 55.5 Å². The average Bonchev–Trinajstić information content (AvgIpc) is 3.72. The van der Waals surface area contributed by atoms with Gasteiger partial charge in [0.1, 0.15) is 25.5 Å².